The van der Waals surface area contributed by atoms with Gasteiger partial charge in [0.25, 0.3) is 0 Å². The van der Waals surface area contributed by atoms with Crippen LogP contribution in [0.25, 0.3) is 0 Å². The van der Waals surface area contributed by atoms with Crippen LogP contribution in [-0.2, 0) is 28.6 Å². The zero-order valence-electron chi connectivity index (χ0n) is 41.7. The molecule has 366 valence electrons. The van der Waals surface area contributed by atoms with Gasteiger partial charge in [-0.1, -0.05) is 213 Å². The average Bonchev–Trinajstić information content (AvgIpc) is 3.30. The summed E-state index contributed by atoms with van der Waals surface area (Å²) in [5, 5.41) is 0. The van der Waals surface area contributed by atoms with Gasteiger partial charge in [0.1, 0.15) is 13.2 Å². The molecule has 0 N–H and O–H groups in total. The van der Waals surface area contributed by atoms with Gasteiger partial charge >= 0.3 is 17.9 Å². The van der Waals surface area contributed by atoms with Crippen LogP contribution in [0.2, 0.25) is 0 Å². The van der Waals surface area contributed by atoms with Crippen molar-refractivity contribution < 1.29 is 28.6 Å². The van der Waals surface area contributed by atoms with Crippen molar-refractivity contribution in [2.45, 2.75) is 219 Å². The third kappa shape index (κ3) is 50.7. The first-order chi connectivity index (χ1) is 32.0. The molecule has 0 saturated carbocycles. The van der Waals surface area contributed by atoms with Gasteiger partial charge in [-0.2, -0.15) is 0 Å². The average molecular weight is 899 g/mol. The van der Waals surface area contributed by atoms with Crippen molar-refractivity contribution in [3.05, 3.63) is 122 Å². The molecule has 1 atom stereocenters. The van der Waals surface area contributed by atoms with Gasteiger partial charge in [0.05, 0.1) is 0 Å². The van der Waals surface area contributed by atoms with Crippen molar-refractivity contribution in [1.29, 1.82) is 0 Å². The van der Waals surface area contributed by atoms with E-state index in [2.05, 4.69) is 142 Å². The largest absolute Gasteiger partial charge is 0.462 e. The standard InChI is InChI=1S/C59H94O6/c1-4-7-10-13-16-19-22-24-26-28-29-31-33-35-38-40-43-46-49-52-58(61)64-55-56(65-59(62)53-50-47-44-41-36-21-18-15-12-9-6-3)54-63-57(60)51-48-45-42-39-37-34-32-30-27-25-23-20-17-14-11-8-5-2/h7-8,10-11,16-17,19-20,24-27,29,31-32,34-35,38-39,42,56H,4-6,9,12-15,18,21-23,28,30,33,36-37,40-41,43-55H2,1-3H3/b10-7-,11-8-,19-16-,20-17-,26-24-,27-25-,31-29-,34-32-,38-35-,42-39-/t56-/m0/s1. The summed E-state index contributed by atoms with van der Waals surface area (Å²) in [7, 11) is 0. The molecule has 0 rings (SSSR count). The molecule has 0 unspecified atom stereocenters. The molecule has 0 saturated heterocycles. The van der Waals surface area contributed by atoms with E-state index in [9.17, 15) is 14.4 Å². The van der Waals surface area contributed by atoms with Crippen molar-refractivity contribution in [2.24, 2.45) is 0 Å². The molecule has 0 aromatic rings. The zero-order chi connectivity index (χ0) is 47.2. The fourth-order valence-electron chi connectivity index (χ4n) is 6.62. The Hall–Kier alpha value is -4.19. The van der Waals surface area contributed by atoms with E-state index >= 15 is 0 Å². The Labute approximate surface area is 399 Å². The Morgan fingerprint density at radius 3 is 1.00 bits per heavy atom. The zero-order valence-corrected chi connectivity index (χ0v) is 41.7. The molecule has 0 fully saturated rings. The molecule has 0 aliphatic rings. The lowest BCUT2D eigenvalue weighted by molar-refractivity contribution is -0.167. The Kier molecular flexibility index (Phi) is 49.1. The first-order valence-corrected chi connectivity index (χ1v) is 26.0. The molecule has 0 amide bonds. The van der Waals surface area contributed by atoms with Crippen LogP contribution in [0, 0.1) is 0 Å². The molecule has 0 radical (unpaired) electrons. The molecule has 0 spiro atoms. The highest BCUT2D eigenvalue weighted by Gasteiger charge is 2.19. The number of rotatable bonds is 45. The van der Waals surface area contributed by atoms with Crippen LogP contribution in [0.15, 0.2) is 122 Å². The van der Waals surface area contributed by atoms with Crippen LogP contribution in [0.1, 0.15) is 213 Å². The Bertz CT molecular complexity index is 1400. The van der Waals surface area contributed by atoms with Gasteiger partial charge in [0.2, 0.25) is 0 Å². The van der Waals surface area contributed by atoms with Gasteiger partial charge in [0.15, 0.2) is 6.10 Å². The molecule has 0 aliphatic carbocycles. The number of carbonyl (C=O) groups is 3. The van der Waals surface area contributed by atoms with Gasteiger partial charge in [-0.15, -0.1) is 0 Å². The van der Waals surface area contributed by atoms with Crippen LogP contribution in [0.3, 0.4) is 0 Å². The van der Waals surface area contributed by atoms with Crippen molar-refractivity contribution in [3.8, 4) is 0 Å². The molecule has 6 nitrogen and oxygen atoms in total. The van der Waals surface area contributed by atoms with Crippen LogP contribution < -0.4 is 0 Å². The minimum absolute atomic E-state index is 0.115. The first-order valence-electron chi connectivity index (χ1n) is 26.0. The second-order valence-electron chi connectivity index (χ2n) is 16.7. The summed E-state index contributed by atoms with van der Waals surface area (Å²) in [6.07, 6.45) is 71.9. The predicted molar refractivity (Wildman–Crippen MR) is 279 cm³/mol. The number of hydrogen-bond donors (Lipinski definition) is 0. The number of esters is 3. The maximum absolute atomic E-state index is 12.8. The molecule has 0 aromatic heterocycles. The second-order valence-corrected chi connectivity index (χ2v) is 16.7. The number of hydrogen-bond acceptors (Lipinski definition) is 6. The van der Waals surface area contributed by atoms with Gasteiger partial charge < -0.3 is 14.2 Å². The minimum Gasteiger partial charge on any atom is -0.462 e. The highest BCUT2D eigenvalue weighted by atomic mass is 16.6. The third-order valence-electron chi connectivity index (χ3n) is 10.5. The van der Waals surface area contributed by atoms with Gasteiger partial charge in [-0.25, -0.2) is 0 Å². The molecule has 0 bridgehead atoms. The van der Waals surface area contributed by atoms with Gasteiger partial charge in [0, 0.05) is 19.3 Å². The summed E-state index contributed by atoms with van der Waals surface area (Å²) in [5.41, 5.74) is 0. The van der Waals surface area contributed by atoms with E-state index in [1.165, 1.54) is 51.4 Å². The van der Waals surface area contributed by atoms with Crippen molar-refractivity contribution in [2.75, 3.05) is 13.2 Å². The van der Waals surface area contributed by atoms with E-state index in [-0.39, 0.29) is 37.5 Å². The highest BCUT2D eigenvalue weighted by molar-refractivity contribution is 5.71. The highest BCUT2D eigenvalue weighted by Crippen LogP contribution is 2.13. The smallest absolute Gasteiger partial charge is 0.306 e. The first kappa shape index (κ1) is 60.8. The summed E-state index contributed by atoms with van der Waals surface area (Å²) < 4.78 is 16.7. The van der Waals surface area contributed by atoms with E-state index in [0.717, 1.165) is 116 Å². The molecule has 6 heteroatoms. The fourth-order valence-corrected chi connectivity index (χ4v) is 6.62. The third-order valence-corrected chi connectivity index (χ3v) is 10.5. The number of unbranched alkanes of at least 4 members (excludes halogenated alkanes) is 14. The number of ether oxygens (including phenoxy) is 3. The van der Waals surface area contributed by atoms with Crippen LogP contribution in [-0.4, -0.2) is 37.2 Å². The van der Waals surface area contributed by atoms with E-state index in [1.54, 1.807) is 0 Å². The normalized spacial score (nSPS) is 13.1. The van der Waals surface area contributed by atoms with Crippen LogP contribution in [0.4, 0.5) is 0 Å². The van der Waals surface area contributed by atoms with E-state index in [4.69, 9.17) is 14.2 Å². The molecular weight excluding hydrogens is 805 g/mol. The lowest BCUT2D eigenvalue weighted by Gasteiger charge is -2.18. The van der Waals surface area contributed by atoms with E-state index in [1.807, 2.05) is 0 Å². The van der Waals surface area contributed by atoms with Gasteiger partial charge in [-0.3, -0.25) is 14.4 Å². The van der Waals surface area contributed by atoms with Crippen LogP contribution >= 0.6 is 0 Å². The fraction of sp³-hybridized carbons (Fsp3) is 0.610. The lowest BCUT2D eigenvalue weighted by atomic mass is 10.1. The van der Waals surface area contributed by atoms with Crippen molar-refractivity contribution in [1.82, 2.24) is 0 Å². The quantitative estimate of drug-likeness (QED) is 0.0262. The molecule has 65 heavy (non-hydrogen) atoms. The minimum atomic E-state index is -0.815. The summed E-state index contributed by atoms with van der Waals surface area (Å²) in [4.78, 5) is 38.0. The number of allylic oxidation sites excluding steroid dienone is 20. The van der Waals surface area contributed by atoms with Gasteiger partial charge in [-0.05, 0) is 103 Å². The maximum Gasteiger partial charge on any atom is 0.306 e. The molecular formula is C59H94O6. The second kappa shape index (κ2) is 52.4. The summed E-state index contributed by atoms with van der Waals surface area (Å²) in [6, 6.07) is 0. The van der Waals surface area contributed by atoms with Crippen molar-refractivity contribution in [3.63, 3.8) is 0 Å². The monoisotopic (exact) mass is 899 g/mol. The topological polar surface area (TPSA) is 78.9 Å². The summed E-state index contributed by atoms with van der Waals surface area (Å²) >= 11 is 0. The summed E-state index contributed by atoms with van der Waals surface area (Å²) in [5.74, 6) is -1.01. The van der Waals surface area contributed by atoms with Crippen LogP contribution in [0.5, 0.6) is 0 Å². The van der Waals surface area contributed by atoms with E-state index < -0.39 is 6.10 Å². The molecule has 0 heterocycles. The maximum atomic E-state index is 12.8. The molecule has 0 aliphatic heterocycles. The SMILES string of the molecule is CC/C=C\C/C=C\C/C=C\C/C=C\C/C=C\CCCCCC(=O)OC[C@H](COC(=O)CCC/C=C\C/C=C\C/C=C\C/C=C\C/C=C\CC)OC(=O)CCCCCCCCCCCCC. The Morgan fingerprint density at radius 2 is 0.615 bits per heavy atom. The summed E-state index contributed by atoms with van der Waals surface area (Å²) in [6.45, 7) is 6.31. The lowest BCUT2D eigenvalue weighted by Crippen LogP contribution is -2.30. The number of carbonyl (C=O) groups excluding carboxylic acids is 3. The predicted octanol–water partition coefficient (Wildman–Crippen LogP) is 17.3. The Morgan fingerprint density at radius 1 is 0.323 bits per heavy atom. The van der Waals surface area contributed by atoms with E-state index in [0.29, 0.717) is 19.3 Å². The Balaban J connectivity index is 4.51. The molecule has 0 aromatic carbocycles. The van der Waals surface area contributed by atoms with Crippen molar-refractivity contribution >= 4 is 17.9 Å².